The van der Waals surface area contributed by atoms with Crippen molar-refractivity contribution >= 4 is 0 Å². The van der Waals surface area contributed by atoms with E-state index in [4.69, 9.17) is 5.73 Å². The van der Waals surface area contributed by atoms with Gasteiger partial charge in [0.05, 0.1) is 0 Å². The van der Waals surface area contributed by atoms with Crippen LogP contribution >= 0.6 is 0 Å². The molecule has 0 amide bonds. The van der Waals surface area contributed by atoms with Crippen molar-refractivity contribution in [2.75, 3.05) is 0 Å². The fraction of sp³-hybridized carbons (Fsp3) is 0.857. The van der Waals surface area contributed by atoms with E-state index in [0.29, 0.717) is 5.92 Å². The Bertz CT molecular complexity index is 402. The molecule has 18 heavy (non-hydrogen) atoms. The molecule has 0 bridgehead atoms. The molecule has 0 aliphatic heterocycles. The minimum atomic E-state index is 0.287. The van der Waals surface area contributed by atoms with Crippen LogP contribution in [-0.4, -0.2) is 20.8 Å². The van der Waals surface area contributed by atoms with Gasteiger partial charge in [0.2, 0.25) is 0 Å². The van der Waals surface area contributed by atoms with Gasteiger partial charge in [-0.25, -0.2) is 9.67 Å². The minimum absolute atomic E-state index is 0.287. The van der Waals surface area contributed by atoms with E-state index in [2.05, 4.69) is 23.9 Å². The third kappa shape index (κ3) is 2.18. The van der Waals surface area contributed by atoms with Crippen LogP contribution in [0.25, 0.3) is 0 Å². The van der Waals surface area contributed by atoms with Crippen molar-refractivity contribution in [3.63, 3.8) is 0 Å². The van der Waals surface area contributed by atoms with Crippen LogP contribution in [0.15, 0.2) is 6.33 Å². The first-order chi connectivity index (χ1) is 8.66. The van der Waals surface area contributed by atoms with Crippen molar-refractivity contribution < 1.29 is 0 Å². The van der Waals surface area contributed by atoms with Crippen LogP contribution in [0.5, 0.6) is 0 Å². The topological polar surface area (TPSA) is 56.7 Å². The summed E-state index contributed by atoms with van der Waals surface area (Å²) in [4.78, 5) is 4.39. The van der Waals surface area contributed by atoms with E-state index in [1.165, 1.54) is 19.3 Å². The van der Waals surface area contributed by atoms with Gasteiger partial charge in [0, 0.05) is 19.0 Å². The Morgan fingerprint density at radius 1 is 1.39 bits per heavy atom. The van der Waals surface area contributed by atoms with Gasteiger partial charge in [-0.2, -0.15) is 5.10 Å². The molecular formula is C14H24N4. The molecule has 3 rings (SSSR count). The van der Waals surface area contributed by atoms with Crippen LogP contribution in [0.1, 0.15) is 38.9 Å². The predicted octanol–water partition coefficient (Wildman–Crippen LogP) is 1.85. The Morgan fingerprint density at radius 2 is 2.11 bits per heavy atom. The number of hydrogen-bond donors (Lipinski definition) is 1. The number of fused-ring (bicyclic) bond motifs is 1. The maximum atomic E-state index is 6.38. The van der Waals surface area contributed by atoms with Gasteiger partial charge in [-0.15, -0.1) is 0 Å². The molecule has 3 unspecified atom stereocenters. The lowest BCUT2D eigenvalue weighted by atomic mass is 10.0. The molecule has 2 fully saturated rings. The molecular weight excluding hydrogens is 224 g/mol. The molecule has 100 valence electrons. The number of hydrogen-bond acceptors (Lipinski definition) is 3. The Labute approximate surface area is 109 Å². The molecule has 4 nitrogen and oxygen atoms in total. The lowest BCUT2D eigenvalue weighted by Gasteiger charge is -2.14. The zero-order valence-corrected chi connectivity index (χ0v) is 11.4. The van der Waals surface area contributed by atoms with Gasteiger partial charge < -0.3 is 5.73 Å². The fourth-order valence-electron chi connectivity index (χ4n) is 3.80. The highest BCUT2D eigenvalue weighted by atomic mass is 15.3. The largest absolute Gasteiger partial charge is 0.327 e. The van der Waals surface area contributed by atoms with Crippen molar-refractivity contribution in [1.82, 2.24) is 14.8 Å². The highest BCUT2D eigenvalue weighted by molar-refractivity contribution is 5.07. The SMILES string of the molecule is CC(C)Cn1ncnc1CC(N)C1C2CCCC21. The standard InChI is InChI=1S/C14H24N4/c1-9(2)7-18-13(16-8-17-18)6-12(15)14-10-4-3-5-11(10)14/h8-12,14H,3-7,15H2,1-2H3. The maximum absolute atomic E-state index is 6.38. The lowest BCUT2D eigenvalue weighted by molar-refractivity contribution is 0.434. The number of aromatic nitrogens is 3. The summed E-state index contributed by atoms with van der Waals surface area (Å²) in [7, 11) is 0. The van der Waals surface area contributed by atoms with E-state index >= 15 is 0 Å². The van der Waals surface area contributed by atoms with Crippen molar-refractivity contribution in [2.24, 2.45) is 29.4 Å². The van der Waals surface area contributed by atoms with E-state index in [1.54, 1.807) is 6.33 Å². The van der Waals surface area contributed by atoms with E-state index in [0.717, 1.165) is 36.5 Å². The summed E-state index contributed by atoms with van der Waals surface area (Å²) in [6.07, 6.45) is 6.79. The Kier molecular flexibility index (Phi) is 3.14. The number of rotatable bonds is 5. The maximum Gasteiger partial charge on any atom is 0.138 e. The van der Waals surface area contributed by atoms with E-state index in [9.17, 15) is 0 Å². The molecule has 0 aromatic carbocycles. The third-order valence-electron chi connectivity index (χ3n) is 4.62. The molecule has 0 spiro atoms. The summed E-state index contributed by atoms with van der Waals surface area (Å²) >= 11 is 0. The first-order valence-electron chi connectivity index (χ1n) is 7.29. The monoisotopic (exact) mass is 248 g/mol. The fourth-order valence-corrected chi connectivity index (χ4v) is 3.80. The zero-order chi connectivity index (χ0) is 12.7. The molecule has 2 N–H and O–H groups in total. The van der Waals surface area contributed by atoms with Gasteiger partial charge in [-0.05, 0) is 36.5 Å². The van der Waals surface area contributed by atoms with Crippen LogP contribution in [0.2, 0.25) is 0 Å². The van der Waals surface area contributed by atoms with Crippen molar-refractivity contribution in [1.29, 1.82) is 0 Å². The summed E-state index contributed by atoms with van der Waals surface area (Å²) < 4.78 is 2.03. The average molecular weight is 248 g/mol. The minimum Gasteiger partial charge on any atom is -0.327 e. The summed E-state index contributed by atoms with van der Waals surface area (Å²) in [5, 5.41) is 4.31. The van der Waals surface area contributed by atoms with Crippen LogP contribution < -0.4 is 5.73 Å². The quantitative estimate of drug-likeness (QED) is 0.865. The lowest BCUT2D eigenvalue weighted by Crippen LogP contribution is -2.29. The Morgan fingerprint density at radius 3 is 2.78 bits per heavy atom. The van der Waals surface area contributed by atoms with Crippen molar-refractivity contribution in [3.8, 4) is 0 Å². The summed E-state index contributed by atoms with van der Waals surface area (Å²) in [5.41, 5.74) is 6.38. The molecule has 1 aromatic heterocycles. The van der Waals surface area contributed by atoms with Gasteiger partial charge in [-0.3, -0.25) is 0 Å². The van der Waals surface area contributed by atoms with Crippen molar-refractivity contribution in [2.45, 2.75) is 52.1 Å². The molecule has 2 saturated carbocycles. The molecule has 3 atom stereocenters. The van der Waals surface area contributed by atoms with Gasteiger partial charge in [0.1, 0.15) is 12.2 Å². The van der Waals surface area contributed by atoms with Gasteiger partial charge in [-0.1, -0.05) is 20.3 Å². The first-order valence-corrected chi connectivity index (χ1v) is 7.29. The molecule has 4 heteroatoms. The summed E-state index contributed by atoms with van der Waals surface area (Å²) in [6.45, 7) is 5.35. The predicted molar refractivity (Wildman–Crippen MR) is 70.9 cm³/mol. The number of nitrogens with zero attached hydrogens (tertiary/aromatic N) is 3. The second-order valence-electron chi connectivity index (χ2n) is 6.46. The highest BCUT2D eigenvalue weighted by Gasteiger charge is 2.54. The van der Waals surface area contributed by atoms with E-state index < -0.39 is 0 Å². The Hall–Kier alpha value is -0.900. The van der Waals surface area contributed by atoms with E-state index in [-0.39, 0.29) is 6.04 Å². The van der Waals surface area contributed by atoms with E-state index in [1.807, 2.05) is 4.68 Å². The van der Waals surface area contributed by atoms with Crippen LogP contribution in [-0.2, 0) is 13.0 Å². The summed E-state index contributed by atoms with van der Waals surface area (Å²) in [5.74, 6) is 4.30. The van der Waals surface area contributed by atoms with Crippen LogP contribution in [0, 0.1) is 23.7 Å². The van der Waals surface area contributed by atoms with Gasteiger partial charge in [0.25, 0.3) is 0 Å². The second-order valence-corrected chi connectivity index (χ2v) is 6.46. The molecule has 1 heterocycles. The molecule has 2 aliphatic carbocycles. The smallest absolute Gasteiger partial charge is 0.138 e. The summed E-state index contributed by atoms with van der Waals surface area (Å²) in [6, 6.07) is 0.287. The molecule has 1 aromatic rings. The molecule has 0 radical (unpaired) electrons. The Balaban J connectivity index is 1.61. The molecule has 2 aliphatic rings. The van der Waals surface area contributed by atoms with Crippen LogP contribution in [0.3, 0.4) is 0 Å². The van der Waals surface area contributed by atoms with Gasteiger partial charge in [0.15, 0.2) is 0 Å². The van der Waals surface area contributed by atoms with Crippen LogP contribution in [0.4, 0.5) is 0 Å². The normalized spacial score (nSPS) is 31.7. The zero-order valence-electron chi connectivity index (χ0n) is 11.4. The average Bonchev–Trinajstić information content (AvgIpc) is 2.67. The van der Waals surface area contributed by atoms with Crippen molar-refractivity contribution in [3.05, 3.63) is 12.2 Å². The van der Waals surface area contributed by atoms with Gasteiger partial charge >= 0.3 is 0 Å². The highest BCUT2D eigenvalue weighted by Crippen LogP contribution is 2.58. The second kappa shape index (κ2) is 4.65. The first kappa shape index (κ1) is 12.2. The third-order valence-corrected chi connectivity index (χ3v) is 4.62. The number of nitrogens with two attached hydrogens (primary N) is 1. The molecule has 0 saturated heterocycles.